The summed E-state index contributed by atoms with van der Waals surface area (Å²) >= 11 is 5.52. The number of phenols is 1. The number of aromatic hydroxyl groups is 1. The first-order valence-electron chi connectivity index (χ1n) is 3.94. The molecule has 0 spiro atoms. The number of phenolic OH excluding ortho intramolecular Hbond substituents is 1. The normalized spacial score (nSPS) is 18.7. The van der Waals surface area contributed by atoms with Crippen molar-refractivity contribution in [2.24, 2.45) is 0 Å². The molecule has 1 saturated carbocycles. The highest BCUT2D eigenvalue weighted by atomic mass is 35.5. The van der Waals surface area contributed by atoms with E-state index in [4.69, 9.17) is 11.6 Å². The third-order valence-corrected chi connectivity index (χ3v) is 2.55. The minimum Gasteiger partial charge on any atom is -0.507 e. The maximum atomic E-state index is 13.3. The Morgan fingerprint density at radius 2 is 2.00 bits per heavy atom. The number of halogens is 2. The lowest BCUT2D eigenvalue weighted by Crippen LogP contribution is -2.07. The summed E-state index contributed by atoms with van der Waals surface area (Å²) in [5.41, 5.74) is -1.26. The van der Waals surface area contributed by atoms with Crippen molar-refractivity contribution in [3.8, 4) is 5.75 Å². The number of hydrogen-bond donors (Lipinski definition) is 2. The average Bonchev–Trinajstić information content (AvgIpc) is 2.78. The molecular weight excluding hydrogens is 195 g/mol. The summed E-state index contributed by atoms with van der Waals surface area (Å²) < 4.78 is 13.3. The van der Waals surface area contributed by atoms with Crippen molar-refractivity contribution in [3.63, 3.8) is 0 Å². The predicted octanol–water partition coefficient (Wildman–Crippen LogP) is 2.17. The van der Waals surface area contributed by atoms with E-state index in [1.54, 1.807) is 0 Å². The van der Waals surface area contributed by atoms with Gasteiger partial charge in [-0.05, 0) is 25.0 Å². The molecule has 1 aromatic rings. The molecule has 1 aliphatic carbocycles. The number of hydrogen-bond acceptors (Lipinski definition) is 2. The van der Waals surface area contributed by atoms with Crippen LogP contribution in [0, 0.1) is 5.82 Å². The monoisotopic (exact) mass is 202 g/mol. The van der Waals surface area contributed by atoms with Crippen molar-refractivity contribution < 1.29 is 14.6 Å². The molecule has 0 unspecified atom stereocenters. The Hall–Kier alpha value is -0.800. The summed E-state index contributed by atoms with van der Waals surface area (Å²) in [5.74, 6) is -0.955. The molecule has 1 fully saturated rings. The van der Waals surface area contributed by atoms with Crippen molar-refractivity contribution in [2.75, 3.05) is 0 Å². The molecule has 0 atom stereocenters. The van der Waals surface area contributed by atoms with Crippen LogP contribution in [0.15, 0.2) is 12.1 Å². The van der Waals surface area contributed by atoms with Gasteiger partial charge in [0.1, 0.15) is 5.75 Å². The van der Waals surface area contributed by atoms with Crippen molar-refractivity contribution in [1.29, 1.82) is 0 Å². The SMILES string of the molecule is Oc1ccc(Cl)c(F)c1C1(O)CC1. The summed E-state index contributed by atoms with van der Waals surface area (Å²) in [5, 5.41) is 18.9. The van der Waals surface area contributed by atoms with Crippen molar-refractivity contribution in [2.45, 2.75) is 18.4 Å². The van der Waals surface area contributed by atoms with Gasteiger partial charge in [0, 0.05) is 0 Å². The fourth-order valence-corrected chi connectivity index (χ4v) is 1.51. The largest absolute Gasteiger partial charge is 0.507 e. The Labute approximate surface area is 79.6 Å². The van der Waals surface area contributed by atoms with E-state index in [0.29, 0.717) is 12.8 Å². The first-order valence-corrected chi connectivity index (χ1v) is 4.32. The van der Waals surface area contributed by atoms with Crippen LogP contribution in [0.25, 0.3) is 0 Å². The van der Waals surface area contributed by atoms with Gasteiger partial charge < -0.3 is 10.2 Å². The topological polar surface area (TPSA) is 40.5 Å². The number of benzene rings is 1. The summed E-state index contributed by atoms with van der Waals surface area (Å²) in [6.45, 7) is 0. The second kappa shape index (κ2) is 2.59. The van der Waals surface area contributed by atoms with Crippen LogP contribution >= 0.6 is 11.6 Å². The van der Waals surface area contributed by atoms with Gasteiger partial charge in [-0.25, -0.2) is 4.39 Å². The van der Waals surface area contributed by atoms with Crippen LogP contribution in [0.3, 0.4) is 0 Å². The summed E-state index contributed by atoms with van der Waals surface area (Å²) in [4.78, 5) is 0. The molecule has 0 amide bonds. The third-order valence-electron chi connectivity index (χ3n) is 2.26. The minimum absolute atomic E-state index is 0.0694. The van der Waals surface area contributed by atoms with Gasteiger partial charge in [0.15, 0.2) is 5.82 Å². The Kier molecular flexibility index (Phi) is 1.75. The minimum atomic E-state index is -1.20. The zero-order valence-corrected chi connectivity index (χ0v) is 7.48. The quantitative estimate of drug-likeness (QED) is 0.733. The first-order chi connectivity index (χ1) is 6.04. The van der Waals surface area contributed by atoms with E-state index < -0.39 is 11.4 Å². The Bertz CT molecular complexity index is 361. The number of rotatable bonds is 1. The van der Waals surface area contributed by atoms with Crippen molar-refractivity contribution >= 4 is 11.6 Å². The molecule has 2 N–H and O–H groups in total. The van der Waals surface area contributed by atoms with E-state index in [-0.39, 0.29) is 16.3 Å². The lowest BCUT2D eigenvalue weighted by molar-refractivity contribution is 0.143. The predicted molar refractivity (Wildman–Crippen MR) is 46.2 cm³/mol. The molecule has 0 radical (unpaired) electrons. The van der Waals surface area contributed by atoms with Crippen LogP contribution < -0.4 is 0 Å². The highest BCUT2D eigenvalue weighted by Crippen LogP contribution is 2.50. The Morgan fingerprint density at radius 1 is 1.38 bits per heavy atom. The highest BCUT2D eigenvalue weighted by Gasteiger charge is 2.46. The smallest absolute Gasteiger partial charge is 0.151 e. The maximum absolute atomic E-state index is 13.3. The molecule has 13 heavy (non-hydrogen) atoms. The van der Waals surface area contributed by atoms with E-state index in [0.717, 1.165) is 0 Å². The molecule has 1 aliphatic rings. The van der Waals surface area contributed by atoms with Gasteiger partial charge in [-0.1, -0.05) is 11.6 Å². The summed E-state index contributed by atoms with van der Waals surface area (Å²) in [6, 6.07) is 2.55. The van der Waals surface area contributed by atoms with E-state index in [1.165, 1.54) is 12.1 Å². The van der Waals surface area contributed by atoms with Crippen LogP contribution in [-0.2, 0) is 5.60 Å². The highest BCUT2D eigenvalue weighted by molar-refractivity contribution is 6.30. The average molecular weight is 203 g/mol. The fraction of sp³-hybridized carbons (Fsp3) is 0.333. The fourth-order valence-electron chi connectivity index (χ4n) is 1.35. The van der Waals surface area contributed by atoms with Crippen LogP contribution in [0.5, 0.6) is 5.75 Å². The van der Waals surface area contributed by atoms with E-state index in [1.807, 2.05) is 0 Å². The molecule has 0 aliphatic heterocycles. The van der Waals surface area contributed by atoms with Crippen LogP contribution in [0.4, 0.5) is 4.39 Å². The molecule has 2 rings (SSSR count). The van der Waals surface area contributed by atoms with Gasteiger partial charge in [-0.15, -0.1) is 0 Å². The first kappa shape index (κ1) is 8.78. The van der Waals surface area contributed by atoms with E-state index in [9.17, 15) is 14.6 Å². The van der Waals surface area contributed by atoms with Crippen molar-refractivity contribution in [1.82, 2.24) is 0 Å². The van der Waals surface area contributed by atoms with Gasteiger partial charge in [0.05, 0.1) is 16.2 Å². The zero-order chi connectivity index (χ0) is 9.64. The molecule has 0 heterocycles. The van der Waals surface area contributed by atoms with E-state index >= 15 is 0 Å². The summed E-state index contributed by atoms with van der Waals surface area (Å²) in [6.07, 6.45) is 0.940. The molecular formula is C9H8ClFO2. The van der Waals surface area contributed by atoms with Gasteiger partial charge in [-0.3, -0.25) is 0 Å². The van der Waals surface area contributed by atoms with Crippen LogP contribution in [-0.4, -0.2) is 10.2 Å². The molecule has 1 aromatic carbocycles. The third kappa shape index (κ3) is 1.28. The second-order valence-electron chi connectivity index (χ2n) is 3.29. The number of aliphatic hydroxyl groups is 1. The maximum Gasteiger partial charge on any atom is 0.151 e. The standard InChI is InChI=1S/C9H8ClFO2/c10-5-1-2-6(12)7(8(5)11)9(13)3-4-9/h1-2,12-13H,3-4H2. The van der Waals surface area contributed by atoms with Crippen LogP contribution in [0.1, 0.15) is 18.4 Å². The molecule has 0 aromatic heterocycles. The van der Waals surface area contributed by atoms with E-state index in [2.05, 4.69) is 0 Å². The molecule has 0 saturated heterocycles. The Morgan fingerprint density at radius 3 is 2.54 bits per heavy atom. The van der Waals surface area contributed by atoms with Gasteiger partial charge >= 0.3 is 0 Å². The van der Waals surface area contributed by atoms with Gasteiger partial charge in [0.25, 0.3) is 0 Å². The lowest BCUT2D eigenvalue weighted by atomic mass is 10.1. The second-order valence-corrected chi connectivity index (χ2v) is 3.69. The van der Waals surface area contributed by atoms with Crippen molar-refractivity contribution in [3.05, 3.63) is 28.5 Å². The summed E-state index contributed by atoms with van der Waals surface area (Å²) in [7, 11) is 0. The molecule has 2 nitrogen and oxygen atoms in total. The van der Waals surface area contributed by atoms with Gasteiger partial charge in [0.2, 0.25) is 0 Å². The lowest BCUT2D eigenvalue weighted by Gasteiger charge is -2.11. The van der Waals surface area contributed by atoms with Crippen LogP contribution in [0.2, 0.25) is 5.02 Å². The zero-order valence-electron chi connectivity index (χ0n) is 6.72. The van der Waals surface area contributed by atoms with Gasteiger partial charge in [-0.2, -0.15) is 0 Å². The molecule has 70 valence electrons. The molecule has 0 bridgehead atoms. The molecule has 4 heteroatoms. The Balaban J connectivity index is 2.61.